The Morgan fingerprint density at radius 3 is 2.53 bits per heavy atom. The number of benzene rings is 1. The number of carbonyl (C=O) groups is 2. The monoisotopic (exact) mass is 255 g/mol. The number of hydrogen-bond acceptors (Lipinski definition) is 2. The van der Waals surface area contributed by atoms with Gasteiger partial charge in [0.25, 0.3) is 5.91 Å². The molecule has 0 radical (unpaired) electrons. The fraction of sp³-hybridized carbons (Fsp3) is 0.333. The number of aliphatic carboxylic acids is 1. The van der Waals surface area contributed by atoms with Crippen LogP contribution in [0.25, 0.3) is 0 Å². The van der Waals surface area contributed by atoms with E-state index >= 15 is 0 Å². The Labute approximate surface area is 105 Å². The number of aryl methyl sites for hydroxylation is 1. The van der Waals surface area contributed by atoms with E-state index in [1.54, 1.807) is 19.1 Å². The zero-order chi connectivity index (χ0) is 13.0. The molecule has 1 aromatic carbocycles. The molecule has 17 heavy (non-hydrogen) atoms. The van der Waals surface area contributed by atoms with E-state index in [-0.39, 0.29) is 0 Å². The van der Waals surface area contributed by atoms with E-state index in [1.165, 1.54) is 6.07 Å². The van der Waals surface area contributed by atoms with Crippen LogP contribution >= 0.6 is 11.6 Å². The maximum atomic E-state index is 11.8. The average Bonchev–Trinajstić information content (AvgIpc) is 2.23. The first-order chi connectivity index (χ1) is 7.93. The van der Waals surface area contributed by atoms with E-state index in [4.69, 9.17) is 16.7 Å². The molecule has 0 fully saturated rings. The van der Waals surface area contributed by atoms with Gasteiger partial charge in [-0.05, 0) is 37.1 Å². The van der Waals surface area contributed by atoms with Gasteiger partial charge in [-0.3, -0.25) is 4.79 Å². The molecule has 0 saturated heterocycles. The highest BCUT2D eigenvalue weighted by Crippen LogP contribution is 2.14. The van der Waals surface area contributed by atoms with Gasteiger partial charge in [-0.1, -0.05) is 18.5 Å². The lowest BCUT2D eigenvalue weighted by Crippen LogP contribution is -2.40. The van der Waals surface area contributed by atoms with Gasteiger partial charge in [0.15, 0.2) is 0 Å². The second-order valence-corrected chi connectivity index (χ2v) is 4.23. The Kier molecular flexibility index (Phi) is 4.52. The summed E-state index contributed by atoms with van der Waals surface area (Å²) in [4.78, 5) is 22.6. The largest absolute Gasteiger partial charge is 0.480 e. The Bertz CT molecular complexity index is 425. The van der Waals surface area contributed by atoms with Crippen molar-refractivity contribution in [1.29, 1.82) is 0 Å². The van der Waals surface area contributed by atoms with Gasteiger partial charge in [0.05, 0.1) is 0 Å². The topological polar surface area (TPSA) is 66.4 Å². The van der Waals surface area contributed by atoms with Crippen molar-refractivity contribution in [1.82, 2.24) is 5.32 Å². The number of halogens is 1. The van der Waals surface area contributed by atoms with Crippen LogP contribution in [-0.4, -0.2) is 23.0 Å². The molecule has 92 valence electrons. The van der Waals surface area contributed by atoms with Crippen LogP contribution in [0.5, 0.6) is 0 Å². The van der Waals surface area contributed by atoms with Crippen molar-refractivity contribution in [3.63, 3.8) is 0 Å². The van der Waals surface area contributed by atoms with Gasteiger partial charge >= 0.3 is 5.97 Å². The molecule has 0 saturated carbocycles. The highest BCUT2D eigenvalue weighted by molar-refractivity contribution is 6.31. The maximum Gasteiger partial charge on any atom is 0.326 e. The zero-order valence-corrected chi connectivity index (χ0v) is 10.4. The molecule has 5 heteroatoms. The van der Waals surface area contributed by atoms with Crippen LogP contribution in [0.15, 0.2) is 18.2 Å². The summed E-state index contributed by atoms with van der Waals surface area (Å²) in [5.41, 5.74) is 1.22. The summed E-state index contributed by atoms with van der Waals surface area (Å²) in [5.74, 6) is -1.47. The van der Waals surface area contributed by atoms with Crippen molar-refractivity contribution in [2.75, 3.05) is 0 Å². The fourth-order valence-corrected chi connectivity index (χ4v) is 1.74. The zero-order valence-electron chi connectivity index (χ0n) is 9.66. The molecule has 1 amide bonds. The van der Waals surface area contributed by atoms with E-state index in [0.717, 1.165) is 5.56 Å². The Morgan fingerprint density at radius 1 is 1.41 bits per heavy atom. The average molecular weight is 256 g/mol. The number of rotatable bonds is 4. The molecule has 0 aliphatic rings. The lowest BCUT2D eigenvalue weighted by molar-refractivity contribution is -0.139. The third-order valence-electron chi connectivity index (χ3n) is 2.32. The summed E-state index contributed by atoms with van der Waals surface area (Å²) >= 11 is 5.83. The second kappa shape index (κ2) is 5.68. The molecule has 0 bridgehead atoms. The smallest absolute Gasteiger partial charge is 0.326 e. The first-order valence-corrected chi connectivity index (χ1v) is 5.62. The van der Waals surface area contributed by atoms with Crippen molar-refractivity contribution in [2.24, 2.45) is 0 Å². The summed E-state index contributed by atoms with van der Waals surface area (Å²) in [6.45, 7) is 3.51. The van der Waals surface area contributed by atoms with Crippen LogP contribution in [0.4, 0.5) is 0 Å². The van der Waals surface area contributed by atoms with E-state index in [2.05, 4.69) is 5.32 Å². The molecule has 1 unspecified atom stereocenters. The van der Waals surface area contributed by atoms with Crippen LogP contribution in [0.1, 0.15) is 29.3 Å². The first kappa shape index (κ1) is 13.5. The minimum absolute atomic E-state index is 0.334. The third-order valence-corrected chi connectivity index (χ3v) is 2.53. The van der Waals surface area contributed by atoms with E-state index in [0.29, 0.717) is 17.0 Å². The van der Waals surface area contributed by atoms with Crippen molar-refractivity contribution >= 4 is 23.5 Å². The highest BCUT2D eigenvalue weighted by Gasteiger charge is 2.18. The quantitative estimate of drug-likeness (QED) is 0.867. The Hall–Kier alpha value is -1.55. The van der Waals surface area contributed by atoms with Crippen molar-refractivity contribution in [3.05, 3.63) is 34.3 Å². The summed E-state index contributed by atoms with van der Waals surface area (Å²) in [5, 5.41) is 11.7. The van der Waals surface area contributed by atoms with Crippen LogP contribution in [-0.2, 0) is 4.79 Å². The lowest BCUT2D eigenvalue weighted by Gasteiger charge is -2.12. The van der Waals surface area contributed by atoms with Gasteiger partial charge in [0, 0.05) is 10.6 Å². The van der Waals surface area contributed by atoms with Crippen LogP contribution in [0.3, 0.4) is 0 Å². The molecule has 1 aromatic rings. The predicted molar refractivity (Wildman–Crippen MR) is 65.4 cm³/mol. The maximum absolute atomic E-state index is 11.8. The number of amides is 1. The summed E-state index contributed by atoms with van der Waals surface area (Å²) in [6.07, 6.45) is 0.334. The number of carboxylic acids is 1. The second-order valence-electron chi connectivity index (χ2n) is 3.79. The molecule has 0 aliphatic heterocycles. The minimum Gasteiger partial charge on any atom is -0.480 e. The van der Waals surface area contributed by atoms with Gasteiger partial charge in [0.2, 0.25) is 0 Å². The molecule has 2 N–H and O–H groups in total. The summed E-state index contributed by atoms with van der Waals surface area (Å²) < 4.78 is 0. The van der Waals surface area contributed by atoms with E-state index in [9.17, 15) is 9.59 Å². The number of carbonyl (C=O) groups excluding carboxylic acids is 1. The molecular formula is C12H14ClNO3. The molecule has 0 aromatic heterocycles. The van der Waals surface area contributed by atoms with Gasteiger partial charge in [-0.2, -0.15) is 0 Å². The van der Waals surface area contributed by atoms with Crippen molar-refractivity contribution in [3.8, 4) is 0 Å². The lowest BCUT2D eigenvalue weighted by atomic mass is 10.1. The Balaban J connectivity index is 2.86. The summed E-state index contributed by atoms with van der Waals surface area (Å²) in [7, 11) is 0. The standard InChI is InChI=1S/C12H14ClNO3/c1-3-10(12(16)17)14-11(15)8-4-7(2)5-9(13)6-8/h4-6,10H,3H2,1-2H3,(H,14,15)(H,16,17). The number of carboxylic acid groups (broad SMARTS) is 1. The number of nitrogens with one attached hydrogen (secondary N) is 1. The molecule has 0 heterocycles. The van der Waals surface area contributed by atoms with Crippen LogP contribution < -0.4 is 5.32 Å². The van der Waals surface area contributed by atoms with Crippen LogP contribution in [0.2, 0.25) is 5.02 Å². The first-order valence-electron chi connectivity index (χ1n) is 5.25. The molecule has 0 aliphatic carbocycles. The van der Waals surface area contributed by atoms with Gasteiger partial charge in [-0.15, -0.1) is 0 Å². The van der Waals surface area contributed by atoms with E-state index < -0.39 is 17.9 Å². The summed E-state index contributed by atoms with van der Waals surface area (Å²) in [6, 6.07) is 4.03. The molecule has 1 rings (SSSR count). The third kappa shape index (κ3) is 3.75. The minimum atomic E-state index is -1.04. The number of hydrogen-bond donors (Lipinski definition) is 2. The highest BCUT2D eigenvalue weighted by atomic mass is 35.5. The predicted octanol–water partition coefficient (Wildman–Crippen LogP) is 2.24. The van der Waals surface area contributed by atoms with Gasteiger partial charge < -0.3 is 10.4 Å². The van der Waals surface area contributed by atoms with E-state index in [1.807, 2.05) is 6.92 Å². The SMILES string of the molecule is CCC(NC(=O)c1cc(C)cc(Cl)c1)C(=O)O. The fourth-order valence-electron chi connectivity index (χ4n) is 1.45. The van der Waals surface area contributed by atoms with Crippen molar-refractivity contribution in [2.45, 2.75) is 26.3 Å². The molecule has 4 nitrogen and oxygen atoms in total. The molecule has 1 atom stereocenters. The molecule has 0 spiro atoms. The Morgan fingerprint density at radius 2 is 2.06 bits per heavy atom. The normalized spacial score (nSPS) is 11.9. The molecular weight excluding hydrogens is 242 g/mol. The van der Waals surface area contributed by atoms with Crippen molar-refractivity contribution < 1.29 is 14.7 Å². The van der Waals surface area contributed by atoms with Crippen LogP contribution in [0, 0.1) is 6.92 Å². The van der Waals surface area contributed by atoms with Gasteiger partial charge in [0.1, 0.15) is 6.04 Å². The van der Waals surface area contributed by atoms with Gasteiger partial charge in [-0.25, -0.2) is 4.79 Å².